The summed E-state index contributed by atoms with van der Waals surface area (Å²) in [5.41, 5.74) is 2.03. The zero-order valence-electron chi connectivity index (χ0n) is 11.4. The molecule has 100 valence electrons. The molecule has 0 saturated carbocycles. The number of carboxylic acid groups (broad SMARTS) is 1. The highest BCUT2D eigenvalue weighted by Gasteiger charge is 2.12. The quantitative estimate of drug-likeness (QED) is 0.816. The highest BCUT2D eigenvalue weighted by atomic mass is 16.5. The van der Waals surface area contributed by atoms with E-state index in [9.17, 15) is 4.79 Å². The van der Waals surface area contributed by atoms with Gasteiger partial charge >= 0.3 is 5.97 Å². The first-order valence-corrected chi connectivity index (χ1v) is 6.10. The molecule has 0 heterocycles. The molecule has 1 unspecified atom stereocenters. The smallest absolute Gasteiger partial charge is 0.308 e. The van der Waals surface area contributed by atoms with Crippen LogP contribution in [0.1, 0.15) is 32.3 Å². The summed E-state index contributed by atoms with van der Waals surface area (Å²) in [5.74, 6) is -0.0515. The second-order valence-corrected chi connectivity index (χ2v) is 4.73. The molecule has 18 heavy (non-hydrogen) atoms. The molecule has 0 amide bonds. The number of anilines is 1. The number of hydrogen-bond acceptors (Lipinski definition) is 3. The molecule has 4 heteroatoms. The molecule has 0 aromatic heterocycles. The minimum Gasteiger partial charge on any atom is -0.495 e. The van der Waals surface area contributed by atoms with Crippen LogP contribution in [0.3, 0.4) is 0 Å². The fourth-order valence-electron chi connectivity index (χ4n) is 1.56. The maximum absolute atomic E-state index is 10.7. The van der Waals surface area contributed by atoms with Gasteiger partial charge in [-0.3, -0.25) is 4.79 Å². The van der Waals surface area contributed by atoms with Gasteiger partial charge in [-0.1, -0.05) is 26.8 Å². The van der Waals surface area contributed by atoms with Crippen LogP contribution in [-0.4, -0.2) is 24.7 Å². The number of hydrogen-bond donors (Lipinski definition) is 2. The Hall–Kier alpha value is -1.71. The summed E-state index contributed by atoms with van der Waals surface area (Å²) in [4.78, 5) is 10.7. The predicted octanol–water partition coefficient (Wildman–Crippen LogP) is 2.95. The first-order valence-electron chi connectivity index (χ1n) is 6.10. The largest absolute Gasteiger partial charge is 0.495 e. The Kier molecular flexibility index (Phi) is 5.01. The molecule has 1 aromatic carbocycles. The number of benzene rings is 1. The molecule has 0 aliphatic carbocycles. The monoisotopic (exact) mass is 251 g/mol. The lowest BCUT2D eigenvalue weighted by molar-refractivity contribution is -0.140. The van der Waals surface area contributed by atoms with E-state index in [1.54, 1.807) is 14.0 Å². The van der Waals surface area contributed by atoms with Crippen LogP contribution in [0.15, 0.2) is 18.2 Å². The maximum Gasteiger partial charge on any atom is 0.308 e. The topological polar surface area (TPSA) is 58.6 Å². The van der Waals surface area contributed by atoms with Gasteiger partial charge in [-0.2, -0.15) is 0 Å². The molecule has 4 nitrogen and oxygen atoms in total. The van der Waals surface area contributed by atoms with Crippen molar-refractivity contribution in [2.75, 3.05) is 19.0 Å². The first kappa shape index (κ1) is 14.4. The summed E-state index contributed by atoms with van der Waals surface area (Å²) in [6.07, 6.45) is 0. The Bertz CT molecular complexity index is 416. The highest BCUT2D eigenvalue weighted by molar-refractivity contribution is 5.70. The van der Waals surface area contributed by atoms with Crippen LogP contribution in [0.2, 0.25) is 0 Å². The van der Waals surface area contributed by atoms with E-state index in [1.807, 2.05) is 18.2 Å². The van der Waals surface area contributed by atoms with Gasteiger partial charge in [0.2, 0.25) is 0 Å². The molecule has 0 radical (unpaired) electrons. The fourth-order valence-corrected chi connectivity index (χ4v) is 1.56. The molecule has 0 fully saturated rings. The van der Waals surface area contributed by atoms with Gasteiger partial charge in [0.05, 0.1) is 18.7 Å². The first-order chi connectivity index (χ1) is 8.45. The van der Waals surface area contributed by atoms with E-state index in [0.717, 1.165) is 11.4 Å². The van der Waals surface area contributed by atoms with Gasteiger partial charge < -0.3 is 15.2 Å². The van der Waals surface area contributed by atoms with E-state index in [4.69, 9.17) is 9.84 Å². The lowest BCUT2D eigenvalue weighted by Gasteiger charge is -2.15. The number of rotatable bonds is 6. The van der Waals surface area contributed by atoms with E-state index in [1.165, 1.54) is 5.56 Å². The molecule has 2 N–H and O–H groups in total. The molecule has 1 atom stereocenters. The minimum atomic E-state index is -0.805. The lowest BCUT2D eigenvalue weighted by Crippen LogP contribution is -2.19. The number of nitrogens with one attached hydrogen (secondary N) is 1. The predicted molar refractivity (Wildman–Crippen MR) is 72.4 cm³/mol. The van der Waals surface area contributed by atoms with Crippen molar-refractivity contribution in [1.29, 1.82) is 0 Å². The number of ether oxygens (including phenoxy) is 1. The van der Waals surface area contributed by atoms with Crippen LogP contribution >= 0.6 is 0 Å². The molecule has 0 spiro atoms. The summed E-state index contributed by atoms with van der Waals surface area (Å²) in [5, 5.41) is 11.9. The van der Waals surface area contributed by atoms with Gasteiger partial charge in [0.1, 0.15) is 5.75 Å². The highest BCUT2D eigenvalue weighted by Crippen LogP contribution is 2.28. The number of methoxy groups -OCH3 is 1. The van der Waals surface area contributed by atoms with Crippen LogP contribution in [0.5, 0.6) is 5.75 Å². The molecule has 0 aliphatic rings. The summed E-state index contributed by atoms with van der Waals surface area (Å²) in [6, 6.07) is 5.95. The Labute approximate surface area is 108 Å². The molecule has 0 aliphatic heterocycles. The summed E-state index contributed by atoms with van der Waals surface area (Å²) in [6.45, 7) is 6.29. The van der Waals surface area contributed by atoms with Gasteiger partial charge in [0.15, 0.2) is 0 Å². The SMILES string of the molecule is COc1cc(C(C)C)ccc1NCC(C)C(=O)O. The van der Waals surface area contributed by atoms with E-state index >= 15 is 0 Å². The van der Waals surface area contributed by atoms with Gasteiger partial charge in [0, 0.05) is 6.54 Å². The van der Waals surface area contributed by atoms with Crippen molar-refractivity contribution in [1.82, 2.24) is 0 Å². The van der Waals surface area contributed by atoms with Gasteiger partial charge in [-0.05, 0) is 23.6 Å². The van der Waals surface area contributed by atoms with Crippen molar-refractivity contribution in [3.8, 4) is 5.75 Å². The van der Waals surface area contributed by atoms with E-state index in [0.29, 0.717) is 12.5 Å². The zero-order valence-corrected chi connectivity index (χ0v) is 11.4. The van der Waals surface area contributed by atoms with Crippen molar-refractivity contribution in [3.63, 3.8) is 0 Å². The average Bonchev–Trinajstić information content (AvgIpc) is 2.35. The van der Waals surface area contributed by atoms with Crippen LogP contribution in [-0.2, 0) is 4.79 Å². The average molecular weight is 251 g/mol. The summed E-state index contributed by atoms with van der Waals surface area (Å²) in [7, 11) is 1.62. The Morgan fingerprint density at radius 2 is 2.06 bits per heavy atom. The van der Waals surface area contributed by atoms with Crippen LogP contribution < -0.4 is 10.1 Å². The third-order valence-electron chi connectivity index (χ3n) is 2.91. The molecule has 0 saturated heterocycles. The van der Waals surface area contributed by atoms with Crippen molar-refractivity contribution in [3.05, 3.63) is 23.8 Å². The number of carboxylic acids is 1. The van der Waals surface area contributed by atoms with Crippen molar-refractivity contribution < 1.29 is 14.6 Å². The lowest BCUT2D eigenvalue weighted by atomic mass is 10.0. The van der Waals surface area contributed by atoms with Crippen LogP contribution in [0.4, 0.5) is 5.69 Å². The van der Waals surface area contributed by atoms with E-state index in [-0.39, 0.29) is 0 Å². The van der Waals surface area contributed by atoms with Gasteiger partial charge in [-0.15, -0.1) is 0 Å². The standard InChI is InChI=1S/C14H21NO3/c1-9(2)11-5-6-12(13(7-11)18-4)15-8-10(3)14(16)17/h5-7,9-10,15H,8H2,1-4H3,(H,16,17). The zero-order chi connectivity index (χ0) is 13.7. The number of carbonyl (C=O) groups is 1. The van der Waals surface area contributed by atoms with Crippen molar-refractivity contribution in [2.45, 2.75) is 26.7 Å². The van der Waals surface area contributed by atoms with Gasteiger partial charge in [0.25, 0.3) is 0 Å². The normalized spacial score (nSPS) is 12.3. The Balaban J connectivity index is 2.80. The van der Waals surface area contributed by atoms with Crippen molar-refractivity contribution in [2.24, 2.45) is 5.92 Å². The Morgan fingerprint density at radius 3 is 2.56 bits per heavy atom. The minimum absolute atomic E-state index is 0.382. The maximum atomic E-state index is 10.7. The molecule has 1 rings (SSSR count). The van der Waals surface area contributed by atoms with E-state index in [2.05, 4.69) is 19.2 Å². The molecule has 0 bridgehead atoms. The summed E-state index contributed by atoms with van der Waals surface area (Å²) >= 11 is 0. The van der Waals surface area contributed by atoms with E-state index < -0.39 is 11.9 Å². The summed E-state index contributed by atoms with van der Waals surface area (Å²) < 4.78 is 5.32. The molecular formula is C14H21NO3. The van der Waals surface area contributed by atoms with Crippen LogP contribution in [0.25, 0.3) is 0 Å². The van der Waals surface area contributed by atoms with Gasteiger partial charge in [-0.25, -0.2) is 0 Å². The third kappa shape index (κ3) is 3.65. The Morgan fingerprint density at radius 1 is 1.39 bits per heavy atom. The molecular weight excluding hydrogens is 230 g/mol. The second kappa shape index (κ2) is 6.28. The second-order valence-electron chi connectivity index (χ2n) is 4.73. The third-order valence-corrected chi connectivity index (χ3v) is 2.91. The number of aliphatic carboxylic acids is 1. The van der Waals surface area contributed by atoms with Crippen LogP contribution in [0, 0.1) is 5.92 Å². The fraction of sp³-hybridized carbons (Fsp3) is 0.500. The molecule has 1 aromatic rings. The van der Waals surface area contributed by atoms with Crippen molar-refractivity contribution >= 4 is 11.7 Å².